The monoisotopic (exact) mass is 305 g/mol. The minimum absolute atomic E-state index is 0.497. The summed E-state index contributed by atoms with van der Waals surface area (Å²) in [5.74, 6) is 0.583. The Kier molecular flexibility index (Phi) is 2.99. The Bertz CT molecular complexity index is 531. The number of aromatic nitrogens is 1. The Morgan fingerprint density at radius 1 is 1.18 bits per heavy atom. The summed E-state index contributed by atoms with van der Waals surface area (Å²) >= 11 is 3.27. The molecule has 0 amide bonds. The van der Waals surface area contributed by atoms with Crippen molar-refractivity contribution in [3.05, 3.63) is 40.1 Å². The van der Waals surface area contributed by atoms with E-state index in [1.165, 1.54) is 12.1 Å². The molecule has 1 aromatic carbocycles. The van der Waals surface area contributed by atoms with E-state index in [2.05, 4.69) is 21.1 Å². The molecule has 0 atom stereocenters. The molecule has 0 N–H and O–H groups in total. The maximum Gasteiger partial charge on any atom is 0.416 e. The van der Waals surface area contributed by atoms with Gasteiger partial charge in [-0.15, -0.1) is 0 Å². The molecule has 17 heavy (non-hydrogen) atoms. The van der Waals surface area contributed by atoms with Crippen LogP contribution in [0.25, 0.3) is 11.3 Å². The SMILES string of the molecule is Cc1onc(-c2ccc(C(F)(F)F)cc2)c1Br. The van der Waals surface area contributed by atoms with E-state index in [1.54, 1.807) is 6.92 Å². The summed E-state index contributed by atoms with van der Waals surface area (Å²) in [5.41, 5.74) is 0.385. The number of alkyl halides is 3. The zero-order valence-electron chi connectivity index (χ0n) is 8.68. The molecule has 2 nitrogen and oxygen atoms in total. The highest BCUT2D eigenvalue weighted by atomic mass is 79.9. The predicted molar refractivity (Wildman–Crippen MR) is 59.4 cm³/mol. The molecule has 0 saturated heterocycles. The van der Waals surface area contributed by atoms with E-state index in [0.29, 0.717) is 21.5 Å². The molecule has 6 heteroatoms. The van der Waals surface area contributed by atoms with Gasteiger partial charge >= 0.3 is 6.18 Å². The number of benzene rings is 1. The normalized spacial score (nSPS) is 11.8. The molecule has 2 aromatic rings. The van der Waals surface area contributed by atoms with Gasteiger partial charge in [-0.05, 0) is 35.0 Å². The Labute approximate surface area is 104 Å². The van der Waals surface area contributed by atoms with E-state index in [0.717, 1.165) is 12.1 Å². The molecule has 0 saturated carbocycles. The standard InChI is InChI=1S/C11H7BrF3NO/c1-6-9(12)10(16-17-6)7-2-4-8(5-3-7)11(13,14)15/h2-5H,1H3. The molecule has 90 valence electrons. The van der Waals surface area contributed by atoms with Gasteiger partial charge in [-0.1, -0.05) is 17.3 Å². The minimum atomic E-state index is -4.32. The molecule has 2 rings (SSSR count). The van der Waals surface area contributed by atoms with Gasteiger partial charge in [-0.2, -0.15) is 13.2 Å². The van der Waals surface area contributed by atoms with Crippen molar-refractivity contribution in [2.75, 3.05) is 0 Å². The fourth-order valence-electron chi connectivity index (χ4n) is 1.36. The fourth-order valence-corrected chi connectivity index (χ4v) is 1.73. The highest BCUT2D eigenvalue weighted by Crippen LogP contribution is 2.33. The molecule has 1 aromatic heterocycles. The maximum absolute atomic E-state index is 12.4. The summed E-state index contributed by atoms with van der Waals surface area (Å²) in [6, 6.07) is 4.77. The number of hydrogen-bond donors (Lipinski definition) is 0. The van der Waals surface area contributed by atoms with E-state index < -0.39 is 11.7 Å². The second-order valence-corrected chi connectivity index (χ2v) is 4.27. The summed E-state index contributed by atoms with van der Waals surface area (Å²) < 4.78 is 42.7. The summed E-state index contributed by atoms with van der Waals surface area (Å²) in [6.45, 7) is 1.71. The first-order chi connectivity index (χ1) is 7.89. The first-order valence-corrected chi connectivity index (χ1v) is 5.48. The van der Waals surface area contributed by atoms with Crippen LogP contribution in [-0.2, 0) is 6.18 Å². The van der Waals surface area contributed by atoms with Crippen LogP contribution in [0.15, 0.2) is 33.3 Å². The van der Waals surface area contributed by atoms with E-state index >= 15 is 0 Å². The number of aryl methyl sites for hydroxylation is 1. The van der Waals surface area contributed by atoms with Crippen molar-refractivity contribution in [1.82, 2.24) is 5.16 Å². The Morgan fingerprint density at radius 2 is 1.76 bits per heavy atom. The average Bonchev–Trinajstić information content (AvgIpc) is 2.59. The molecule has 0 radical (unpaired) electrons. The summed E-state index contributed by atoms with van der Waals surface area (Å²) in [6.07, 6.45) is -4.32. The fraction of sp³-hybridized carbons (Fsp3) is 0.182. The first-order valence-electron chi connectivity index (χ1n) is 4.69. The van der Waals surface area contributed by atoms with E-state index in [4.69, 9.17) is 4.52 Å². The third kappa shape index (κ3) is 2.36. The third-order valence-corrected chi connectivity index (χ3v) is 3.21. The van der Waals surface area contributed by atoms with Crippen molar-refractivity contribution >= 4 is 15.9 Å². The van der Waals surface area contributed by atoms with Crippen LogP contribution in [0, 0.1) is 6.92 Å². The van der Waals surface area contributed by atoms with Gasteiger partial charge in [0.15, 0.2) is 0 Å². The Hall–Kier alpha value is -1.30. The van der Waals surface area contributed by atoms with Crippen molar-refractivity contribution in [2.45, 2.75) is 13.1 Å². The molecular formula is C11H7BrF3NO. The van der Waals surface area contributed by atoms with E-state index in [9.17, 15) is 13.2 Å². The van der Waals surface area contributed by atoms with Crippen LogP contribution in [0.5, 0.6) is 0 Å². The van der Waals surface area contributed by atoms with E-state index in [-0.39, 0.29) is 0 Å². The number of halogens is 4. The smallest absolute Gasteiger partial charge is 0.360 e. The van der Waals surface area contributed by atoms with Crippen LogP contribution in [-0.4, -0.2) is 5.16 Å². The van der Waals surface area contributed by atoms with Crippen LogP contribution in [0.4, 0.5) is 13.2 Å². The molecule has 0 aliphatic heterocycles. The van der Waals surface area contributed by atoms with Crippen LogP contribution in [0.3, 0.4) is 0 Å². The predicted octanol–water partition coefficient (Wildman–Crippen LogP) is 4.43. The lowest BCUT2D eigenvalue weighted by Crippen LogP contribution is -2.04. The van der Waals surface area contributed by atoms with Gasteiger partial charge in [0.25, 0.3) is 0 Å². The van der Waals surface area contributed by atoms with Gasteiger partial charge in [0.2, 0.25) is 0 Å². The van der Waals surface area contributed by atoms with E-state index in [1.807, 2.05) is 0 Å². The molecule has 0 aliphatic rings. The van der Waals surface area contributed by atoms with Gasteiger partial charge in [-0.25, -0.2) is 0 Å². The molecule has 0 unspecified atom stereocenters. The largest absolute Gasteiger partial charge is 0.416 e. The maximum atomic E-state index is 12.4. The van der Waals surface area contributed by atoms with Crippen LogP contribution < -0.4 is 0 Å². The minimum Gasteiger partial charge on any atom is -0.360 e. The Balaban J connectivity index is 2.40. The summed E-state index contributed by atoms with van der Waals surface area (Å²) in [5, 5.41) is 3.77. The Morgan fingerprint density at radius 3 is 2.18 bits per heavy atom. The lowest BCUT2D eigenvalue weighted by atomic mass is 10.1. The zero-order valence-corrected chi connectivity index (χ0v) is 10.3. The lowest BCUT2D eigenvalue weighted by Gasteiger charge is -2.06. The molecular weight excluding hydrogens is 299 g/mol. The van der Waals surface area contributed by atoms with Gasteiger partial charge in [0.05, 0.1) is 10.0 Å². The highest BCUT2D eigenvalue weighted by molar-refractivity contribution is 9.10. The molecule has 0 spiro atoms. The highest BCUT2D eigenvalue weighted by Gasteiger charge is 2.30. The van der Waals surface area contributed by atoms with Crippen LogP contribution >= 0.6 is 15.9 Å². The van der Waals surface area contributed by atoms with Gasteiger partial charge in [-0.3, -0.25) is 0 Å². The van der Waals surface area contributed by atoms with Crippen LogP contribution in [0.2, 0.25) is 0 Å². The molecule has 0 aliphatic carbocycles. The second kappa shape index (κ2) is 4.18. The van der Waals surface area contributed by atoms with Crippen LogP contribution in [0.1, 0.15) is 11.3 Å². The summed E-state index contributed by atoms with van der Waals surface area (Å²) in [4.78, 5) is 0. The van der Waals surface area contributed by atoms with Gasteiger partial charge in [0, 0.05) is 5.56 Å². The molecule has 0 fully saturated rings. The quantitative estimate of drug-likeness (QED) is 0.779. The number of rotatable bonds is 1. The van der Waals surface area contributed by atoms with Crippen molar-refractivity contribution in [2.24, 2.45) is 0 Å². The number of hydrogen-bond acceptors (Lipinski definition) is 2. The summed E-state index contributed by atoms with van der Waals surface area (Å²) in [7, 11) is 0. The third-order valence-electron chi connectivity index (χ3n) is 2.28. The molecule has 0 bridgehead atoms. The van der Waals surface area contributed by atoms with Crippen molar-refractivity contribution < 1.29 is 17.7 Å². The number of nitrogens with zero attached hydrogens (tertiary/aromatic N) is 1. The first kappa shape index (κ1) is 12.2. The van der Waals surface area contributed by atoms with Crippen molar-refractivity contribution in [3.63, 3.8) is 0 Å². The molecule has 1 heterocycles. The van der Waals surface area contributed by atoms with Gasteiger partial charge < -0.3 is 4.52 Å². The second-order valence-electron chi connectivity index (χ2n) is 3.48. The van der Waals surface area contributed by atoms with Crippen molar-refractivity contribution in [1.29, 1.82) is 0 Å². The zero-order chi connectivity index (χ0) is 12.6. The van der Waals surface area contributed by atoms with Crippen molar-refractivity contribution in [3.8, 4) is 11.3 Å². The lowest BCUT2D eigenvalue weighted by molar-refractivity contribution is -0.137. The topological polar surface area (TPSA) is 26.0 Å². The average molecular weight is 306 g/mol. The van der Waals surface area contributed by atoms with Gasteiger partial charge in [0.1, 0.15) is 11.5 Å².